The van der Waals surface area contributed by atoms with Gasteiger partial charge < -0.3 is 0 Å². The summed E-state index contributed by atoms with van der Waals surface area (Å²) in [4.78, 5) is 13.9. The molecule has 0 aliphatic rings. The first-order valence-corrected chi connectivity index (χ1v) is 6.26. The average Bonchev–Trinajstić information content (AvgIpc) is 2.47. The van der Waals surface area contributed by atoms with Gasteiger partial charge >= 0.3 is 115 Å². The van der Waals surface area contributed by atoms with E-state index in [1.165, 1.54) is 0 Å². The molecule has 0 aromatic heterocycles. The molecule has 0 aliphatic carbocycles. The van der Waals surface area contributed by atoms with Gasteiger partial charge in [0, 0.05) is 0 Å². The second-order valence-corrected chi connectivity index (χ2v) is 4.51. The first-order chi connectivity index (χ1) is 8.70. The van der Waals surface area contributed by atoms with E-state index in [2.05, 4.69) is 15.9 Å². The Morgan fingerprint density at radius 3 is 1.83 bits per heavy atom. The van der Waals surface area contributed by atoms with E-state index >= 15 is 0 Å². The summed E-state index contributed by atoms with van der Waals surface area (Å²) in [7, 11) is 1.77. The molecule has 90 valence electrons. The normalized spacial score (nSPS) is 9.83. The molecule has 0 N–H and O–H groups in total. The van der Waals surface area contributed by atoms with E-state index in [0.29, 0.717) is 5.56 Å². The third-order valence-corrected chi connectivity index (χ3v) is 3.45. The predicted octanol–water partition coefficient (Wildman–Crippen LogP) is 2.48. The van der Waals surface area contributed by atoms with Crippen LogP contribution in [0.15, 0.2) is 60.7 Å². The van der Waals surface area contributed by atoms with Crippen LogP contribution in [0.25, 0.3) is 0 Å². The van der Waals surface area contributed by atoms with Crippen molar-refractivity contribution in [2.24, 2.45) is 0 Å². The van der Waals surface area contributed by atoms with E-state index in [-0.39, 0.29) is 5.91 Å². The molecule has 0 spiro atoms. The van der Waals surface area contributed by atoms with E-state index in [4.69, 9.17) is 0 Å². The number of carbonyl (C=O) groups is 1. The van der Waals surface area contributed by atoms with Gasteiger partial charge in [0.15, 0.2) is 0 Å². The SMILES string of the molecule is CN(C(=O)c1ccccc1)[C](=[Cr])c1ccccc1. The molecule has 18 heavy (non-hydrogen) atoms. The van der Waals surface area contributed by atoms with Gasteiger partial charge in [-0.1, -0.05) is 0 Å². The van der Waals surface area contributed by atoms with E-state index < -0.39 is 0 Å². The van der Waals surface area contributed by atoms with E-state index in [1.54, 1.807) is 11.9 Å². The number of hydrogen-bond acceptors (Lipinski definition) is 1. The molecular weight excluding hydrogens is 262 g/mol. The van der Waals surface area contributed by atoms with Crippen LogP contribution in [-0.4, -0.2) is 22.4 Å². The van der Waals surface area contributed by atoms with Crippen LogP contribution in [0.2, 0.25) is 0 Å². The molecule has 0 unspecified atom stereocenters. The van der Waals surface area contributed by atoms with Crippen molar-refractivity contribution >= 4 is 10.4 Å². The molecule has 0 heterocycles. The maximum atomic E-state index is 12.2. The van der Waals surface area contributed by atoms with Crippen molar-refractivity contribution in [3.8, 4) is 0 Å². The standard InChI is InChI=1S/C15H13NO.Cr/c1-16(12-13-8-4-2-5-9-13)15(17)14-10-6-3-7-11-14;/h2-11H,1H3;. The molecule has 2 aromatic rings. The van der Waals surface area contributed by atoms with Crippen LogP contribution in [0.5, 0.6) is 0 Å². The molecule has 1 amide bonds. The van der Waals surface area contributed by atoms with Gasteiger partial charge in [-0.15, -0.1) is 0 Å². The average molecular weight is 275 g/mol. The molecule has 0 atom stereocenters. The Morgan fingerprint density at radius 1 is 0.889 bits per heavy atom. The van der Waals surface area contributed by atoms with Crippen molar-refractivity contribution in [2.75, 3.05) is 7.05 Å². The van der Waals surface area contributed by atoms with E-state index in [9.17, 15) is 4.79 Å². The van der Waals surface area contributed by atoms with Crippen LogP contribution >= 0.6 is 0 Å². The zero-order valence-electron chi connectivity index (χ0n) is 10.0. The Hall–Kier alpha value is -1.69. The fraction of sp³-hybridized carbons (Fsp3) is 0.0667. The van der Waals surface area contributed by atoms with Gasteiger partial charge in [0.1, 0.15) is 0 Å². The first-order valence-electron chi connectivity index (χ1n) is 5.62. The van der Waals surface area contributed by atoms with Crippen molar-refractivity contribution in [3.63, 3.8) is 0 Å². The fourth-order valence-corrected chi connectivity index (χ4v) is 1.98. The van der Waals surface area contributed by atoms with Crippen LogP contribution in [0.1, 0.15) is 15.9 Å². The number of benzene rings is 2. The number of rotatable bonds is 3. The molecule has 0 saturated carbocycles. The summed E-state index contributed by atoms with van der Waals surface area (Å²) in [6, 6.07) is 19.1. The van der Waals surface area contributed by atoms with Crippen LogP contribution in [0.4, 0.5) is 0 Å². The molecule has 2 nitrogen and oxygen atoms in total. The third-order valence-electron chi connectivity index (χ3n) is 2.65. The summed E-state index contributed by atoms with van der Waals surface area (Å²) in [5, 5.41) is 0. The van der Waals surface area contributed by atoms with Crippen molar-refractivity contribution in [1.82, 2.24) is 4.90 Å². The monoisotopic (exact) mass is 275 g/mol. The molecule has 0 saturated heterocycles. The fourth-order valence-electron chi connectivity index (χ4n) is 1.64. The van der Waals surface area contributed by atoms with Gasteiger partial charge in [-0.25, -0.2) is 0 Å². The number of hydrogen-bond donors (Lipinski definition) is 0. The Morgan fingerprint density at radius 2 is 1.33 bits per heavy atom. The summed E-state index contributed by atoms with van der Waals surface area (Å²) in [6.07, 6.45) is 0. The Bertz CT molecular complexity index is 500. The van der Waals surface area contributed by atoms with Gasteiger partial charge in [-0.3, -0.25) is 0 Å². The summed E-state index contributed by atoms with van der Waals surface area (Å²) < 4.78 is 0.824. The first kappa shape index (κ1) is 12.8. The zero-order valence-corrected chi connectivity index (χ0v) is 11.3. The maximum absolute atomic E-state index is 12.2. The third kappa shape index (κ3) is 2.76. The minimum absolute atomic E-state index is 0.0202. The Kier molecular flexibility index (Phi) is 4.09. The van der Waals surface area contributed by atoms with Crippen LogP contribution < -0.4 is 0 Å². The van der Waals surface area contributed by atoms with E-state index in [1.807, 2.05) is 60.7 Å². The van der Waals surface area contributed by atoms with E-state index in [0.717, 1.165) is 10.1 Å². The van der Waals surface area contributed by atoms with Crippen molar-refractivity contribution in [2.45, 2.75) is 0 Å². The summed E-state index contributed by atoms with van der Waals surface area (Å²) in [5.74, 6) is -0.0202. The number of carbonyl (C=O) groups excluding carboxylic acids is 1. The molecule has 0 bridgehead atoms. The van der Waals surface area contributed by atoms with Gasteiger partial charge in [0.05, 0.1) is 0 Å². The molecule has 0 aliphatic heterocycles. The van der Waals surface area contributed by atoms with Crippen LogP contribution in [0.3, 0.4) is 0 Å². The second kappa shape index (κ2) is 5.77. The van der Waals surface area contributed by atoms with Gasteiger partial charge in [0.25, 0.3) is 0 Å². The molecule has 2 aromatic carbocycles. The molecular formula is C15H13CrNO. The van der Waals surface area contributed by atoms with Crippen LogP contribution in [0, 0.1) is 0 Å². The molecule has 2 rings (SSSR count). The minimum atomic E-state index is -0.0202. The van der Waals surface area contributed by atoms with Gasteiger partial charge in [-0.2, -0.15) is 0 Å². The summed E-state index contributed by atoms with van der Waals surface area (Å²) in [5.41, 5.74) is 1.69. The molecule has 0 radical (unpaired) electrons. The number of nitrogens with zero attached hydrogens (tertiary/aromatic N) is 1. The Labute approximate surface area is 115 Å². The van der Waals surface area contributed by atoms with Crippen molar-refractivity contribution in [1.29, 1.82) is 0 Å². The summed E-state index contributed by atoms with van der Waals surface area (Å²) >= 11 is 2.97. The van der Waals surface area contributed by atoms with Crippen molar-refractivity contribution in [3.05, 3.63) is 71.8 Å². The summed E-state index contributed by atoms with van der Waals surface area (Å²) in [6.45, 7) is 0. The van der Waals surface area contributed by atoms with Gasteiger partial charge in [-0.05, 0) is 0 Å². The quantitative estimate of drug-likeness (QED) is 0.842. The molecule has 0 fully saturated rings. The van der Waals surface area contributed by atoms with Gasteiger partial charge in [0.2, 0.25) is 0 Å². The van der Waals surface area contributed by atoms with Crippen molar-refractivity contribution < 1.29 is 20.6 Å². The zero-order chi connectivity index (χ0) is 13.0. The molecule has 3 heteroatoms. The second-order valence-electron chi connectivity index (χ2n) is 3.90. The Balaban J connectivity index is 2.20. The number of amides is 1. The topological polar surface area (TPSA) is 20.3 Å². The predicted molar refractivity (Wildman–Crippen MR) is 69.1 cm³/mol. The van der Waals surface area contributed by atoms with Crippen LogP contribution in [-0.2, 0) is 15.9 Å².